The van der Waals surface area contributed by atoms with Gasteiger partial charge in [0, 0.05) is 43.9 Å². The molecule has 186 valence electrons. The molecule has 2 aromatic rings. The monoisotopic (exact) mass is 483 g/mol. The Labute approximate surface area is 212 Å². The van der Waals surface area contributed by atoms with Crippen LogP contribution in [0.3, 0.4) is 0 Å². The van der Waals surface area contributed by atoms with Crippen LogP contribution in [0.25, 0.3) is 17.2 Å². The lowest BCUT2D eigenvalue weighted by Crippen LogP contribution is -2.57. The van der Waals surface area contributed by atoms with E-state index in [0.717, 1.165) is 66.3 Å². The zero-order valence-electron chi connectivity index (χ0n) is 20.9. The summed E-state index contributed by atoms with van der Waals surface area (Å²) in [5, 5.41) is 10.3. The Kier molecular flexibility index (Phi) is 6.00. The Balaban J connectivity index is 1.34. The molecule has 0 radical (unpaired) electrons. The van der Waals surface area contributed by atoms with E-state index in [2.05, 4.69) is 34.4 Å². The van der Waals surface area contributed by atoms with Crippen molar-refractivity contribution in [1.82, 2.24) is 14.9 Å². The molecule has 7 heteroatoms. The second kappa shape index (κ2) is 9.33. The average Bonchev–Trinajstić information content (AvgIpc) is 3.78. The molecule has 2 saturated carbocycles. The fourth-order valence-corrected chi connectivity index (χ4v) is 5.76. The number of nitriles is 1. The first-order chi connectivity index (χ1) is 17.6. The summed E-state index contributed by atoms with van der Waals surface area (Å²) in [6.07, 6.45) is 9.69. The molecule has 2 aromatic heterocycles. The van der Waals surface area contributed by atoms with Crippen molar-refractivity contribution in [3.63, 3.8) is 0 Å². The molecule has 7 nitrogen and oxygen atoms in total. The molecule has 2 saturated heterocycles. The number of anilines is 1. The van der Waals surface area contributed by atoms with Crippen LogP contribution >= 0.6 is 0 Å². The molecule has 0 aromatic carbocycles. The SMILES string of the molecule is C=Cc1cc(-c2c(C3CC3)nc(N3CCN(C(=O)CC4CCO4)C(C4CC4)C3)c(C#N)c2C)ccn1. The van der Waals surface area contributed by atoms with Crippen molar-refractivity contribution in [3.8, 4) is 17.2 Å². The fraction of sp³-hybridized carbons (Fsp3) is 0.517. The Morgan fingerprint density at radius 2 is 2.08 bits per heavy atom. The van der Waals surface area contributed by atoms with E-state index in [1.807, 2.05) is 12.1 Å². The maximum Gasteiger partial charge on any atom is 0.225 e. The summed E-state index contributed by atoms with van der Waals surface area (Å²) in [6.45, 7) is 8.79. The number of aromatic nitrogens is 2. The number of piperazine rings is 1. The molecule has 2 unspecified atom stereocenters. The van der Waals surface area contributed by atoms with Gasteiger partial charge in [-0.3, -0.25) is 9.78 Å². The predicted octanol–water partition coefficient (Wildman–Crippen LogP) is 4.45. The number of rotatable bonds is 7. The van der Waals surface area contributed by atoms with Crippen LogP contribution < -0.4 is 4.90 Å². The Morgan fingerprint density at radius 3 is 2.72 bits per heavy atom. The van der Waals surface area contributed by atoms with Crippen LogP contribution in [0, 0.1) is 24.2 Å². The summed E-state index contributed by atoms with van der Waals surface area (Å²) in [6, 6.07) is 6.70. The van der Waals surface area contributed by atoms with Crippen LogP contribution in [-0.2, 0) is 9.53 Å². The number of carbonyl (C=O) groups excluding carboxylic acids is 1. The topological polar surface area (TPSA) is 82.4 Å². The van der Waals surface area contributed by atoms with Crippen molar-refractivity contribution in [2.24, 2.45) is 5.92 Å². The zero-order chi connectivity index (χ0) is 24.8. The molecule has 0 N–H and O–H groups in total. The first-order valence-corrected chi connectivity index (χ1v) is 13.3. The molecule has 2 aliphatic heterocycles. The van der Waals surface area contributed by atoms with Crippen LogP contribution in [0.15, 0.2) is 24.9 Å². The smallest absolute Gasteiger partial charge is 0.225 e. The van der Waals surface area contributed by atoms with Crippen LogP contribution in [-0.4, -0.2) is 59.2 Å². The van der Waals surface area contributed by atoms with E-state index in [4.69, 9.17) is 9.72 Å². The highest BCUT2D eigenvalue weighted by Gasteiger charge is 2.42. The predicted molar refractivity (Wildman–Crippen MR) is 138 cm³/mol. The number of hydrogen-bond donors (Lipinski definition) is 0. The summed E-state index contributed by atoms with van der Waals surface area (Å²) in [7, 11) is 0. The van der Waals surface area contributed by atoms with Crippen LogP contribution in [0.5, 0.6) is 0 Å². The van der Waals surface area contributed by atoms with Gasteiger partial charge >= 0.3 is 0 Å². The molecule has 4 aliphatic rings. The van der Waals surface area contributed by atoms with Gasteiger partial charge in [0.1, 0.15) is 11.9 Å². The highest BCUT2D eigenvalue weighted by Crippen LogP contribution is 2.47. The average molecular weight is 484 g/mol. The third-order valence-electron chi connectivity index (χ3n) is 8.21. The normalized spacial score (nSPS) is 23.7. The number of hydrogen-bond acceptors (Lipinski definition) is 6. The number of amides is 1. The summed E-state index contributed by atoms with van der Waals surface area (Å²) < 4.78 is 5.53. The van der Waals surface area contributed by atoms with Crippen LogP contribution in [0.2, 0.25) is 0 Å². The van der Waals surface area contributed by atoms with Gasteiger partial charge in [-0.2, -0.15) is 5.26 Å². The van der Waals surface area contributed by atoms with Gasteiger partial charge in [0.2, 0.25) is 5.91 Å². The van der Waals surface area contributed by atoms with E-state index in [0.29, 0.717) is 36.9 Å². The van der Waals surface area contributed by atoms with Crippen LogP contribution in [0.4, 0.5) is 5.82 Å². The van der Waals surface area contributed by atoms with Crippen molar-refractivity contribution < 1.29 is 9.53 Å². The van der Waals surface area contributed by atoms with Gasteiger partial charge in [0.25, 0.3) is 0 Å². The van der Waals surface area contributed by atoms with Crippen LogP contribution in [0.1, 0.15) is 67.0 Å². The number of nitrogens with zero attached hydrogens (tertiary/aromatic N) is 5. The summed E-state index contributed by atoms with van der Waals surface area (Å²) >= 11 is 0. The Morgan fingerprint density at radius 1 is 1.28 bits per heavy atom. The Bertz CT molecular complexity index is 1240. The van der Waals surface area contributed by atoms with Gasteiger partial charge in [-0.25, -0.2) is 4.98 Å². The second-order valence-corrected chi connectivity index (χ2v) is 10.7. The van der Waals surface area contributed by atoms with Crippen molar-refractivity contribution in [1.29, 1.82) is 5.26 Å². The van der Waals surface area contributed by atoms with E-state index in [1.54, 1.807) is 12.3 Å². The van der Waals surface area contributed by atoms with E-state index < -0.39 is 0 Å². The first-order valence-electron chi connectivity index (χ1n) is 13.3. The van der Waals surface area contributed by atoms with Gasteiger partial charge < -0.3 is 14.5 Å². The molecule has 6 rings (SSSR count). The van der Waals surface area contributed by atoms with Crippen molar-refractivity contribution in [2.45, 2.75) is 63.5 Å². The molecule has 0 bridgehead atoms. The van der Waals surface area contributed by atoms with E-state index >= 15 is 0 Å². The lowest BCUT2D eigenvalue weighted by Gasteiger charge is -2.43. The zero-order valence-corrected chi connectivity index (χ0v) is 20.9. The van der Waals surface area contributed by atoms with Crippen molar-refractivity contribution >= 4 is 17.8 Å². The third kappa shape index (κ3) is 4.28. The number of pyridine rings is 2. The number of carbonyl (C=O) groups is 1. The molecule has 0 spiro atoms. The molecule has 2 aliphatic carbocycles. The van der Waals surface area contributed by atoms with E-state index in [9.17, 15) is 10.1 Å². The van der Waals surface area contributed by atoms with Gasteiger partial charge in [0.05, 0.1) is 35.5 Å². The first kappa shape index (κ1) is 23.2. The second-order valence-electron chi connectivity index (χ2n) is 10.7. The quantitative estimate of drug-likeness (QED) is 0.579. The molecular weight excluding hydrogens is 450 g/mol. The minimum Gasteiger partial charge on any atom is -0.377 e. The highest BCUT2D eigenvalue weighted by molar-refractivity contribution is 5.79. The minimum atomic E-state index is 0.0910. The molecule has 2 atom stereocenters. The summed E-state index contributed by atoms with van der Waals surface area (Å²) in [4.78, 5) is 27.1. The third-order valence-corrected chi connectivity index (χ3v) is 8.21. The van der Waals surface area contributed by atoms with Crippen molar-refractivity contribution in [2.75, 3.05) is 31.1 Å². The van der Waals surface area contributed by atoms with Gasteiger partial charge in [0.15, 0.2) is 0 Å². The van der Waals surface area contributed by atoms with E-state index in [-0.39, 0.29) is 18.1 Å². The molecule has 4 fully saturated rings. The van der Waals surface area contributed by atoms with Gasteiger partial charge in [-0.05, 0) is 74.3 Å². The molecule has 1 amide bonds. The standard InChI is InChI=1S/C29H33N5O2/c1-3-22-14-21(8-10-31-22)27-18(2)24(16-30)29(32-28(27)20-6-7-20)33-11-12-34(25(17-33)19-4-5-19)26(35)15-23-9-13-36-23/h3,8,10,14,19-20,23,25H,1,4-7,9,11-13,15,17H2,2H3. The summed E-state index contributed by atoms with van der Waals surface area (Å²) in [5.74, 6) is 1.97. The van der Waals surface area contributed by atoms with E-state index in [1.165, 1.54) is 12.8 Å². The lowest BCUT2D eigenvalue weighted by molar-refractivity contribution is -0.142. The van der Waals surface area contributed by atoms with Gasteiger partial charge in [-0.15, -0.1) is 0 Å². The maximum atomic E-state index is 13.1. The molecule has 36 heavy (non-hydrogen) atoms. The van der Waals surface area contributed by atoms with Crippen molar-refractivity contribution in [3.05, 3.63) is 47.4 Å². The number of ether oxygens (including phenoxy) is 1. The minimum absolute atomic E-state index is 0.0910. The maximum absolute atomic E-state index is 13.1. The highest BCUT2D eigenvalue weighted by atomic mass is 16.5. The lowest BCUT2D eigenvalue weighted by atomic mass is 9.93. The summed E-state index contributed by atoms with van der Waals surface area (Å²) in [5.41, 5.74) is 5.64. The van der Waals surface area contributed by atoms with Gasteiger partial charge in [-0.1, -0.05) is 6.58 Å². The fourth-order valence-electron chi connectivity index (χ4n) is 5.76. The molecule has 4 heterocycles. The Hall–Kier alpha value is -3.24. The molecular formula is C29H33N5O2. The largest absolute Gasteiger partial charge is 0.377 e.